The molecule has 1 amide bonds. The summed E-state index contributed by atoms with van der Waals surface area (Å²) in [5, 5.41) is 10.5. The minimum absolute atomic E-state index is 0.0810. The number of thioether (sulfide) groups is 1. The number of rotatable bonds is 4. The molecule has 2 atom stereocenters. The first-order valence-electron chi connectivity index (χ1n) is 11.0. The van der Waals surface area contributed by atoms with Crippen LogP contribution in [0.4, 0.5) is 0 Å². The molecule has 0 aliphatic carbocycles. The van der Waals surface area contributed by atoms with E-state index in [1.807, 2.05) is 28.8 Å². The number of carbonyl (C=O) groups is 1. The molecule has 31 heavy (non-hydrogen) atoms. The van der Waals surface area contributed by atoms with Gasteiger partial charge in [-0.1, -0.05) is 78.9 Å². The summed E-state index contributed by atoms with van der Waals surface area (Å²) in [5.41, 5.74) is 3.33. The predicted octanol–water partition coefficient (Wildman–Crippen LogP) is 4.88. The van der Waals surface area contributed by atoms with Crippen LogP contribution in [0.5, 0.6) is 5.75 Å². The smallest absolute Gasteiger partial charge is 0.227 e. The van der Waals surface area contributed by atoms with Crippen molar-refractivity contribution in [2.75, 3.05) is 18.8 Å². The molecule has 5 rings (SSSR count). The molecule has 158 valence electrons. The number of aromatic hydroxyl groups is 1. The maximum atomic E-state index is 13.2. The Morgan fingerprint density at radius 3 is 2.16 bits per heavy atom. The van der Waals surface area contributed by atoms with Gasteiger partial charge in [-0.25, -0.2) is 0 Å². The van der Waals surface area contributed by atoms with Crippen LogP contribution >= 0.6 is 11.8 Å². The Morgan fingerprint density at radius 2 is 1.52 bits per heavy atom. The molecule has 2 saturated heterocycles. The lowest BCUT2D eigenvalue weighted by atomic mass is 9.63. The van der Waals surface area contributed by atoms with E-state index in [9.17, 15) is 9.90 Å². The first kappa shape index (κ1) is 20.2. The topological polar surface area (TPSA) is 40.5 Å². The molecule has 1 N–H and O–H groups in total. The molecule has 3 aromatic carbocycles. The summed E-state index contributed by atoms with van der Waals surface area (Å²) in [6, 6.07) is 28.9. The van der Waals surface area contributed by atoms with Gasteiger partial charge in [-0.2, -0.15) is 11.8 Å². The predicted molar refractivity (Wildman–Crippen MR) is 126 cm³/mol. The fraction of sp³-hybridized carbons (Fsp3) is 0.296. The molecule has 0 radical (unpaired) electrons. The van der Waals surface area contributed by atoms with E-state index < -0.39 is 0 Å². The van der Waals surface area contributed by atoms with E-state index in [1.54, 1.807) is 12.1 Å². The molecule has 2 fully saturated rings. The number of hydrogen-bond acceptors (Lipinski definition) is 3. The summed E-state index contributed by atoms with van der Waals surface area (Å²) in [6.45, 7) is 1.54. The molecule has 2 aliphatic heterocycles. The van der Waals surface area contributed by atoms with Gasteiger partial charge in [-0.15, -0.1) is 0 Å². The number of nitrogens with zero attached hydrogens (tertiary/aromatic N) is 1. The third-order valence-electron chi connectivity index (χ3n) is 6.99. The van der Waals surface area contributed by atoms with Crippen LogP contribution in [0.1, 0.15) is 23.1 Å². The molecule has 0 bridgehead atoms. The number of hydrogen-bond donors (Lipinski definition) is 1. The largest absolute Gasteiger partial charge is 0.508 e. The molecular weight excluding hydrogens is 402 g/mol. The number of likely N-dealkylation sites (tertiary alicyclic amines) is 1. The van der Waals surface area contributed by atoms with Crippen molar-refractivity contribution in [1.82, 2.24) is 4.90 Å². The number of phenols is 1. The minimum Gasteiger partial charge on any atom is -0.508 e. The van der Waals surface area contributed by atoms with Crippen LogP contribution in [0.2, 0.25) is 0 Å². The highest BCUT2D eigenvalue weighted by atomic mass is 32.2. The van der Waals surface area contributed by atoms with Crippen LogP contribution in [-0.2, 0) is 16.6 Å². The van der Waals surface area contributed by atoms with Gasteiger partial charge in [0.1, 0.15) is 5.75 Å². The van der Waals surface area contributed by atoms with Crippen molar-refractivity contribution in [2.24, 2.45) is 5.92 Å². The average Bonchev–Trinajstić information content (AvgIpc) is 3.27. The lowest BCUT2D eigenvalue weighted by Gasteiger charge is -2.46. The Morgan fingerprint density at radius 1 is 0.903 bits per heavy atom. The van der Waals surface area contributed by atoms with Crippen LogP contribution in [0.15, 0.2) is 84.9 Å². The second-order valence-corrected chi connectivity index (χ2v) is 9.92. The maximum absolute atomic E-state index is 13.2. The maximum Gasteiger partial charge on any atom is 0.227 e. The quantitative estimate of drug-likeness (QED) is 0.642. The minimum atomic E-state index is -0.0810. The summed E-state index contributed by atoms with van der Waals surface area (Å²) in [7, 11) is 0. The third kappa shape index (κ3) is 3.63. The molecule has 3 nitrogen and oxygen atoms in total. The lowest BCUT2D eigenvalue weighted by molar-refractivity contribution is -0.129. The van der Waals surface area contributed by atoms with Crippen molar-refractivity contribution in [1.29, 1.82) is 0 Å². The van der Waals surface area contributed by atoms with Crippen molar-refractivity contribution in [2.45, 2.75) is 23.5 Å². The van der Waals surface area contributed by atoms with Gasteiger partial charge in [-0.3, -0.25) is 4.79 Å². The Balaban J connectivity index is 1.48. The first-order chi connectivity index (χ1) is 15.2. The summed E-state index contributed by atoms with van der Waals surface area (Å²) < 4.78 is 0. The zero-order valence-corrected chi connectivity index (χ0v) is 18.3. The SMILES string of the molecule is O=C(Cc1ccccc1O)N1C[C@H]2SCCC(c3ccccc3)(c3ccccc3)[C@H]2C1. The molecule has 0 spiro atoms. The number of para-hydroxylation sites is 1. The standard InChI is InChI=1S/C27H27NO2S/c29-24-14-8-7-9-20(24)17-26(30)28-18-23-25(19-28)31-16-15-27(23,21-10-3-1-4-11-21)22-12-5-2-6-13-22/h1-14,23,25,29H,15-19H2/t23-,25+/m0/s1. The zero-order valence-electron chi connectivity index (χ0n) is 17.5. The van der Waals surface area contributed by atoms with Crippen LogP contribution in [-0.4, -0.2) is 40.0 Å². The molecular formula is C27H27NO2S. The molecule has 2 heterocycles. The van der Waals surface area contributed by atoms with Crippen molar-refractivity contribution in [3.63, 3.8) is 0 Å². The second-order valence-electron chi connectivity index (χ2n) is 8.57. The van der Waals surface area contributed by atoms with Gasteiger partial charge in [0.15, 0.2) is 0 Å². The van der Waals surface area contributed by atoms with Crippen molar-refractivity contribution in [3.8, 4) is 5.75 Å². The van der Waals surface area contributed by atoms with Gasteiger partial charge in [0.05, 0.1) is 6.42 Å². The first-order valence-corrected chi connectivity index (χ1v) is 12.0. The van der Waals surface area contributed by atoms with E-state index >= 15 is 0 Å². The number of phenolic OH excluding ortho intramolecular Hbond substituents is 1. The van der Waals surface area contributed by atoms with Crippen LogP contribution < -0.4 is 0 Å². The molecule has 4 heteroatoms. The molecule has 2 aliphatic rings. The normalized spacial score (nSPS) is 22.1. The number of benzene rings is 3. The van der Waals surface area contributed by atoms with E-state index in [-0.39, 0.29) is 23.5 Å². The Kier molecular flexibility index (Phi) is 5.49. The van der Waals surface area contributed by atoms with Crippen molar-refractivity contribution in [3.05, 3.63) is 102 Å². The fourth-order valence-electron chi connectivity index (χ4n) is 5.47. The van der Waals surface area contributed by atoms with Crippen LogP contribution in [0.3, 0.4) is 0 Å². The second kappa shape index (κ2) is 8.43. The van der Waals surface area contributed by atoms with E-state index in [0.717, 1.165) is 25.3 Å². The Labute approximate surface area is 188 Å². The van der Waals surface area contributed by atoms with Crippen molar-refractivity contribution >= 4 is 17.7 Å². The van der Waals surface area contributed by atoms with E-state index in [4.69, 9.17) is 0 Å². The van der Waals surface area contributed by atoms with E-state index in [2.05, 4.69) is 60.7 Å². The van der Waals surface area contributed by atoms with Crippen molar-refractivity contribution < 1.29 is 9.90 Å². The Hall–Kier alpha value is -2.72. The van der Waals surface area contributed by atoms with Gasteiger partial charge < -0.3 is 10.0 Å². The third-order valence-corrected chi connectivity index (χ3v) is 8.34. The van der Waals surface area contributed by atoms with E-state index in [0.29, 0.717) is 16.7 Å². The van der Waals surface area contributed by atoms with E-state index in [1.165, 1.54) is 11.1 Å². The highest BCUT2D eigenvalue weighted by molar-refractivity contribution is 8.00. The fourth-order valence-corrected chi connectivity index (χ4v) is 7.04. The van der Waals surface area contributed by atoms with Gasteiger partial charge in [0.2, 0.25) is 5.91 Å². The van der Waals surface area contributed by atoms with Gasteiger partial charge in [0, 0.05) is 35.2 Å². The zero-order chi connectivity index (χ0) is 21.3. The number of fused-ring (bicyclic) bond motifs is 1. The highest BCUT2D eigenvalue weighted by Gasteiger charge is 2.52. The van der Waals surface area contributed by atoms with Crippen LogP contribution in [0, 0.1) is 5.92 Å². The number of carbonyl (C=O) groups excluding carboxylic acids is 1. The molecule has 0 saturated carbocycles. The number of amides is 1. The van der Waals surface area contributed by atoms with Gasteiger partial charge in [-0.05, 0) is 29.4 Å². The van der Waals surface area contributed by atoms with Gasteiger partial charge >= 0.3 is 0 Å². The lowest BCUT2D eigenvalue weighted by Crippen LogP contribution is -2.45. The highest BCUT2D eigenvalue weighted by Crippen LogP contribution is 2.53. The summed E-state index contributed by atoms with van der Waals surface area (Å²) in [6.07, 6.45) is 1.33. The van der Waals surface area contributed by atoms with Gasteiger partial charge in [0.25, 0.3) is 0 Å². The monoisotopic (exact) mass is 429 g/mol. The summed E-state index contributed by atoms with van der Waals surface area (Å²) in [5.74, 6) is 1.76. The average molecular weight is 430 g/mol. The summed E-state index contributed by atoms with van der Waals surface area (Å²) in [4.78, 5) is 15.2. The molecule has 0 aromatic heterocycles. The van der Waals surface area contributed by atoms with Crippen LogP contribution in [0.25, 0.3) is 0 Å². The summed E-state index contributed by atoms with van der Waals surface area (Å²) >= 11 is 2.01. The molecule has 0 unspecified atom stereocenters. The Bertz CT molecular complexity index is 1010. The molecule has 3 aromatic rings.